The van der Waals surface area contributed by atoms with Gasteiger partial charge in [0, 0.05) is 26.7 Å². The van der Waals surface area contributed by atoms with Crippen molar-refractivity contribution in [3.05, 3.63) is 136 Å². The van der Waals surface area contributed by atoms with Crippen LogP contribution >= 0.6 is 23.4 Å². The van der Waals surface area contributed by atoms with Gasteiger partial charge in [0.1, 0.15) is 5.70 Å². The van der Waals surface area contributed by atoms with Crippen molar-refractivity contribution >= 4 is 52.7 Å². The van der Waals surface area contributed by atoms with E-state index >= 15 is 0 Å². The molecule has 38 heavy (non-hydrogen) atoms. The van der Waals surface area contributed by atoms with Crippen LogP contribution in [0.2, 0.25) is 5.02 Å². The molecule has 0 aliphatic carbocycles. The molecule has 7 heteroatoms. The number of aryl methyl sites for hydroxylation is 1. The van der Waals surface area contributed by atoms with E-state index in [0.29, 0.717) is 21.8 Å². The zero-order valence-electron chi connectivity index (χ0n) is 20.6. The van der Waals surface area contributed by atoms with Crippen molar-refractivity contribution in [2.24, 2.45) is 0 Å². The third kappa shape index (κ3) is 7.68. The van der Waals surface area contributed by atoms with Crippen LogP contribution in [0.3, 0.4) is 0 Å². The van der Waals surface area contributed by atoms with Gasteiger partial charge in [-0.05, 0) is 79.2 Å². The Morgan fingerprint density at radius 1 is 0.816 bits per heavy atom. The molecule has 0 radical (unpaired) electrons. The molecule has 0 aliphatic rings. The largest absolute Gasteiger partial charge is 0.321 e. The van der Waals surface area contributed by atoms with Crippen molar-refractivity contribution in [3.63, 3.8) is 0 Å². The highest BCUT2D eigenvalue weighted by Crippen LogP contribution is 2.22. The van der Waals surface area contributed by atoms with Gasteiger partial charge in [0.05, 0.1) is 5.75 Å². The number of hydrogen-bond acceptors (Lipinski definition) is 4. The average molecular weight is 541 g/mol. The monoisotopic (exact) mass is 540 g/mol. The van der Waals surface area contributed by atoms with E-state index in [-0.39, 0.29) is 23.1 Å². The van der Waals surface area contributed by atoms with Crippen LogP contribution in [0, 0.1) is 6.92 Å². The number of carbonyl (C=O) groups is 3. The van der Waals surface area contributed by atoms with E-state index in [9.17, 15) is 14.4 Å². The van der Waals surface area contributed by atoms with Gasteiger partial charge >= 0.3 is 0 Å². The fourth-order valence-corrected chi connectivity index (χ4v) is 4.49. The van der Waals surface area contributed by atoms with Gasteiger partial charge in [-0.1, -0.05) is 59.6 Å². The Morgan fingerprint density at radius 3 is 2.21 bits per heavy atom. The smallest absolute Gasteiger partial charge is 0.272 e. The molecule has 4 aromatic carbocycles. The third-order valence-corrected chi connectivity index (χ3v) is 6.79. The first-order valence-electron chi connectivity index (χ1n) is 11.8. The molecule has 5 nitrogen and oxygen atoms in total. The second-order valence-electron chi connectivity index (χ2n) is 8.49. The van der Waals surface area contributed by atoms with E-state index in [4.69, 9.17) is 11.6 Å². The molecule has 0 bridgehead atoms. The summed E-state index contributed by atoms with van der Waals surface area (Å²) >= 11 is 7.30. The number of hydrogen-bond donors (Lipinski definition) is 2. The summed E-state index contributed by atoms with van der Waals surface area (Å²) in [5.41, 5.74) is 3.57. The van der Waals surface area contributed by atoms with E-state index in [1.165, 1.54) is 11.8 Å². The van der Waals surface area contributed by atoms with Gasteiger partial charge in [0.2, 0.25) is 0 Å². The number of amides is 2. The van der Waals surface area contributed by atoms with Gasteiger partial charge in [-0.3, -0.25) is 14.4 Å². The predicted octanol–water partition coefficient (Wildman–Crippen LogP) is 7.03. The molecule has 190 valence electrons. The van der Waals surface area contributed by atoms with Crippen molar-refractivity contribution in [3.8, 4) is 0 Å². The first kappa shape index (κ1) is 26.9. The van der Waals surface area contributed by atoms with Crippen LogP contribution < -0.4 is 10.6 Å². The van der Waals surface area contributed by atoms with Crippen LogP contribution in [0.4, 0.5) is 5.69 Å². The molecule has 4 aromatic rings. The van der Waals surface area contributed by atoms with Crippen LogP contribution in [0.1, 0.15) is 31.8 Å². The Hall–Kier alpha value is -4.13. The van der Waals surface area contributed by atoms with Crippen LogP contribution in [-0.4, -0.2) is 23.4 Å². The number of halogens is 1. The molecule has 2 amide bonds. The van der Waals surface area contributed by atoms with Crippen molar-refractivity contribution in [1.82, 2.24) is 5.32 Å². The summed E-state index contributed by atoms with van der Waals surface area (Å²) in [6, 6.07) is 30.4. The lowest BCUT2D eigenvalue weighted by molar-refractivity contribution is -0.113. The Balaban J connectivity index is 1.44. The summed E-state index contributed by atoms with van der Waals surface area (Å²) in [4.78, 5) is 39.3. The Labute approximate surface area is 230 Å². The summed E-state index contributed by atoms with van der Waals surface area (Å²) in [6.45, 7) is 1.96. The maximum absolute atomic E-state index is 13.2. The van der Waals surface area contributed by atoms with E-state index in [2.05, 4.69) is 10.6 Å². The van der Waals surface area contributed by atoms with Gasteiger partial charge < -0.3 is 10.6 Å². The number of Topliss-reactive ketones (excluding diaryl/α,β-unsaturated/α-hetero) is 1. The van der Waals surface area contributed by atoms with E-state index in [1.54, 1.807) is 66.7 Å². The fourth-order valence-electron chi connectivity index (χ4n) is 3.57. The van der Waals surface area contributed by atoms with Gasteiger partial charge in [0.25, 0.3) is 11.8 Å². The molecule has 0 spiro atoms. The molecular weight excluding hydrogens is 516 g/mol. The number of benzene rings is 4. The molecule has 0 heterocycles. The first-order valence-corrected chi connectivity index (χ1v) is 13.2. The SMILES string of the molecule is Cc1cccc(/C=C(\NC(=O)c2ccccc2)C(=O)Nc2ccc(SCC(=O)c3ccc(Cl)cc3)cc2)c1. The lowest BCUT2D eigenvalue weighted by Gasteiger charge is -2.12. The highest BCUT2D eigenvalue weighted by molar-refractivity contribution is 8.00. The molecule has 0 aromatic heterocycles. The van der Waals surface area contributed by atoms with Gasteiger partial charge in [-0.2, -0.15) is 0 Å². The Morgan fingerprint density at radius 2 is 1.53 bits per heavy atom. The normalized spacial score (nSPS) is 11.1. The predicted molar refractivity (Wildman–Crippen MR) is 155 cm³/mol. The number of anilines is 1. The Bertz CT molecular complexity index is 1470. The zero-order valence-corrected chi connectivity index (χ0v) is 22.2. The molecule has 0 unspecified atom stereocenters. The summed E-state index contributed by atoms with van der Waals surface area (Å²) in [5.74, 6) is -0.544. The standard InChI is InChI=1S/C31H25ClN2O3S/c1-21-6-5-7-22(18-21)19-28(34-30(36)24-8-3-2-4-9-24)31(37)33-26-14-16-27(17-15-26)38-20-29(35)23-10-12-25(32)13-11-23/h2-19H,20H2,1H3,(H,33,37)(H,34,36)/b28-19-. The lowest BCUT2D eigenvalue weighted by atomic mass is 10.1. The highest BCUT2D eigenvalue weighted by atomic mass is 35.5. The fraction of sp³-hybridized carbons (Fsp3) is 0.0645. The quantitative estimate of drug-likeness (QED) is 0.136. The molecular formula is C31H25ClN2O3S. The maximum Gasteiger partial charge on any atom is 0.272 e. The van der Waals surface area contributed by atoms with Gasteiger partial charge in [0.15, 0.2) is 5.78 Å². The minimum absolute atomic E-state index is 0.00383. The topological polar surface area (TPSA) is 75.3 Å². The van der Waals surface area contributed by atoms with Crippen LogP contribution in [-0.2, 0) is 4.79 Å². The van der Waals surface area contributed by atoms with Crippen molar-refractivity contribution in [1.29, 1.82) is 0 Å². The van der Waals surface area contributed by atoms with E-state index < -0.39 is 5.91 Å². The lowest BCUT2D eigenvalue weighted by Crippen LogP contribution is -2.30. The maximum atomic E-state index is 13.2. The third-order valence-electron chi connectivity index (χ3n) is 5.53. The average Bonchev–Trinajstić information content (AvgIpc) is 2.93. The number of thioether (sulfide) groups is 1. The minimum Gasteiger partial charge on any atom is -0.321 e. The summed E-state index contributed by atoms with van der Waals surface area (Å²) < 4.78 is 0. The zero-order chi connectivity index (χ0) is 26.9. The summed E-state index contributed by atoms with van der Waals surface area (Å²) in [7, 11) is 0. The molecule has 4 rings (SSSR count). The second-order valence-corrected chi connectivity index (χ2v) is 9.97. The number of carbonyl (C=O) groups excluding carboxylic acids is 3. The second kappa shape index (κ2) is 12.9. The summed E-state index contributed by atoms with van der Waals surface area (Å²) in [6.07, 6.45) is 1.65. The van der Waals surface area contributed by atoms with Crippen molar-refractivity contribution in [2.45, 2.75) is 11.8 Å². The molecule has 0 aliphatic heterocycles. The Kier molecular flexibility index (Phi) is 9.14. The number of ketones is 1. The van der Waals surface area contributed by atoms with Crippen molar-refractivity contribution < 1.29 is 14.4 Å². The number of rotatable bonds is 9. The first-order chi connectivity index (χ1) is 18.4. The van der Waals surface area contributed by atoms with E-state index in [0.717, 1.165) is 16.0 Å². The van der Waals surface area contributed by atoms with Crippen LogP contribution in [0.15, 0.2) is 114 Å². The molecule has 0 fully saturated rings. The van der Waals surface area contributed by atoms with Gasteiger partial charge in [-0.25, -0.2) is 0 Å². The summed E-state index contributed by atoms with van der Waals surface area (Å²) in [5, 5.41) is 6.18. The number of nitrogens with one attached hydrogen (secondary N) is 2. The molecule has 2 N–H and O–H groups in total. The van der Waals surface area contributed by atoms with Crippen LogP contribution in [0.5, 0.6) is 0 Å². The molecule has 0 saturated carbocycles. The van der Waals surface area contributed by atoms with Crippen LogP contribution in [0.25, 0.3) is 6.08 Å². The van der Waals surface area contributed by atoms with Gasteiger partial charge in [-0.15, -0.1) is 11.8 Å². The highest BCUT2D eigenvalue weighted by Gasteiger charge is 2.15. The minimum atomic E-state index is -0.450. The van der Waals surface area contributed by atoms with Crippen molar-refractivity contribution in [2.75, 3.05) is 11.1 Å². The molecule has 0 atom stereocenters. The van der Waals surface area contributed by atoms with E-state index in [1.807, 2.05) is 49.4 Å². The molecule has 0 saturated heterocycles.